The summed E-state index contributed by atoms with van der Waals surface area (Å²) >= 11 is 1.54. The van der Waals surface area contributed by atoms with E-state index < -0.39 is 10.0 Å². The van der Waals surface area contributed by atoms with Gasteiger partial charge in [0, 0.05) is 10.6 Å². The number of anilines is 1. The number of fused-ring (bicyclic) bond motifs is 1. The van der Waals surface area contributed by atoms with Gasteiger partial charge in [-0.25, -0.2) is 13.1 Å². The Morgan fingerprint density at radius 1 is 1.28 bits per heavy atom. The van der Waals surface area contributed by atoms with Gasteiger partial charge in [0.1, 0.15) is 0 Å². The van der Waals surface area contributed by atoms with Crippen molar-refractivity contribution in [3.05, 3.63) is 45.1 Å². The monoisotopic (exact) mass is 378 g/mol. The van der Waals surface area contributed by atoms with Crippen molar-refractivity contribution in [3.63, 3.8) is 0 Å². The summed E-state index contributed by atoms with van der Waals surface area (Å²) in [6, 6.07) is 6.89. The Bertz CT molecular complexity index is 916. The molecule has 0 aliphatic heterocycles. The zero-order chi connectivity index (χ0) is 18.2. The van der Waals surface area contributed by atoms with Crippen LogP contribution in [-0.2, 0) is 22.9 Å². The molecule has 1 aliphatic rings. The number of sulfonamides is 1. The second kappa shape index (κ2) is 6.90. The molecule has 7 heteroatoms. The Morgan fingerprint density at radius 2 is 2.04 bits per heavy atom. The van der Waals surface area contributed by atoms with Crippen LogP contribution in [0.25, 0.3) is 0 Å². The third kappa shape index (κ3) is 3.78. The average molecular weight is 379 g/mol. The highest BCUT2D eigenvalue weighted by molar-refractivity contribution is 7.89. The quantitative estimate of drug-likeness (QED) is 0.857. The van der Waals surface area contributed by atoms with Gasteiger partial charge in [0.2, 0.25) is 10.0 Å². The van der Waals surface area contributed by atoms with Crippen molar-refractivity contribution in [2.24, 2.45) is 5.92 Å². The van der Waals surface area contributed by atoms with Crippen LogP contribution in [0.1, 0.15) is 39.0 Å². The van der Waals surface area contributed by atoms with Crippen LogP contribution in [-0.4, -0.2) is 21.4 Å². The van der Waals surface area contributed by atoms with Gasteiger partial charge in [0.15, 0.2) is 0 Å². The number of rotatable bonds is 4. The predicted molar refractivity (Wildman–Crippen MR) is 101 cm³/mol. The molecule has 3 rings (SSSR count). The molecule has 0 saturated carbocycles. The maximum Gasteiger partial charge on any atom is 0.265 e. The zero-order valence-corrected chi connectivity index (χ0v) is 16.2. The van der Waals surface area contributed by atoms with E-state index in [0.717, 1.165) is 19.3 Å². The summed E-state index contributed by atoms with van der Waals surface area (Å²) in [6.07, 6.45) is 3.22. The molecule has 1 atom stereocenters. The predicted octanol–water partition coefficient (Wildman–Crippen LogP) is 3.34. The number of carbonyl (C=O) groups excluding carboxylic acids is 1. The van der Waals surface area contributed by atoms with Crippen LogP contribution in [0.15, 0.2) is 29.2 Å². The molecular formula is C18H22N2O3S2. The summed E-state index contributed by atoms with van der Waals surface area (Å²) < 4.78 is 26.5. The van der Waals surface area contributed by atoms with Crippen LogP contribution in [0.3, 0.4) is 0 Å². The third-order valence-corrected chi connectivity index (χ3v) is 7.35. The van der Waals surface area contributed by atoms with Crippen LogP contribution in [0.2, 0.25) is 0 Å². The molecule has 0 fully saturated rings. The molecule has 134 valence electrons. The second-order valence-corrected chi connectivity index (χ2v) is 9.54. The van der Waals surface area contributed by atoms with Gasteiger partial charge in [0.25, 0.3) is 5.91 Å². The van der Waals surface area contributed by atoms with Crippen molar-refractivity contribution in [3.8, 4) is 0 Å². The van der Waals surface area contributed by atoms with Gasteiger partial charge >= 0.3 is 0 Å². The molecule has 1 amide bonds. The third-order valence-electron chi connectivity index (χ3n) is 4.56. The van der Waals surface area contributed by atoms with Gasteiger partial charge in [0.05, 0.1) is 9.77 Å². The number of benzene rings is 1. The average Bonchev–Trinajstić information content (AvgIpc) is 2.99. The first kappa shape index (κ1) is 18.1. The first-order valence-corrected chi connectivity index (χ1v) is 10.6. The van der Waals surface area contributed by atoms with Crippen molar-refractivity contribution in [2.75, 3.05) is 12.4 Å². The normalized spacial score (nSPS) is 17.2. The molecule has 0 bridgehead atoms. The molecular weight excluding hydrogens is 356 g/mol. The fourth-order valence-electron chi connectivity index (χ4n) is 3.09. The Balaban J connectivity index is 1.83. The van der Waals surface area contributed by atoms with Gasteiger partial charge in [-0.3, -0.25) is 4.79 Å². The van der Waals surface area contributed by atoms with Crippen LogP contribution in [0, 0.1) is 12.8 Å². The van der Waals surface area contributed by atoms with Crippen molar-refractivity contribution in [2.45, 2.75) is 38.0 Å². The summed E-state index contributed by atoms with van der Waals surface area (Å²) in [7, 11) is -2.19. The van der Waals surface area contributed by atoms with Crippen molar-refractivity contribution in [1.82, 2.24) is 4.72 Å². The van der Waals surface area contributed by atoms with Gasteiger partial charge in [-0.2, -0.15) is 0 Å². The Kier molecular flexibility index (Phi) is 4.99. The minimum absolute atomic E-state index is 0.173. The maximum absolute atomic E-state index is 12.6. The molecule has 1 heterocycles. The van der Waals surface area contributed by atoms with E-state index in [0.29, 0.717) is 22.0 Å². The number of carbonyl (C=O) groups is 1. The topological polar surface area (TPSA) is 75.3 Å². The van der Waals surface area contributed by atoms with Crippen LogP contribution < -0.4 is 10.0 Å². The van der Waals surface area contributed by atoms with E-state index in [9.17, 15) is 13.2 Å². The Morgan fingerprint density at radius 3 is 2.76 bits per heavy atom. The summed E-state index contributed by atoms with van der Waals surface area (Å²) in [6.45, 7) is 3.96. The number of hydrogen-bond donors (Lipinski definition) is 2. The molecule has 0 saturated heterocycles. The smallest absolute Gasteiger partial charge is 0.265 e. The van der Waals surface area contributed by atoms with Crippen molar-refractivity contribution >= 4 is 33.0 Å². The second-order valence-electron chi connectivity index (χ2n) is 6.55. The van der Waals surface area contributed by atoms with Crippen LogP contribution >= 0.6 is 11.3 Å². The molecule has 25 heavy (non-hydrogen) atoms. The zero-order valence-electron chi connectivity index (χ0n) is 14.5. The van der Waals surface area contributed by atoms with Gasteiger partial charge in [-0.05, 0) is 68.5 Å². The molecule has 0 spiro atoms. The standard InChI is InChI=1S/C18H22N2O3S2/c1-11-4-7-15-13(8-11)9-16(24-15)18(21)20-14-6-5-12(2)17(10-14)25(22,23)19-3/h5-6,9-11,19H,4,7-8H2,1-3H3,(H,20,21)/t11-/m1/s1. The number of aryl methyl sites for hydroxylation is 2. The first-order chi connectivity index (χ1) is 11.8. The first-order valence-electron chi connectivity index (χ1n) is 8.27. The van der Waals surface area contributed by atoms with Gasteiger partial charge < -0.3 is 5.32 Å². The lowest BCUT2D eigenvalue weighted by Gasteiger charge is -2.16. The number of amides is 1. The Labute approximate surface area is 152 Å². The number of hydrogen-bond acceptors (Lipinski definition) is 4. The minimum atomic E-state index is -3.56. The van der Waals surface area contributed by atoms with E-state index in [4.69, 9.17) is 0 Å². The molecule has 2 aromatic rings. The minimum Gasteiger partial charge on any atom is -0.321 e. The highest BCUT2D eigenvalue weighted by atomic mass is 32.2. The molecule has 1 aliphatic carbocycles. The number of nitrogens with one attached hydrogen (secondary N) is 2. The summed E-state index contributed by atoms with van der Waals surface area (Å²) in [5, 5.41) is 2.82. The largest absolute Gasteiger partial charge is 0.321 e. The SMILES string of the molecule is CNS(=O)(=O)c1cc(NC(=O)c2cc3c(s2)CC[C@@H](C)C3)ccc1C. The lowest BCUT2D eigenvalue weighted by Crippen LogP contribution is -2.20. The Hall–Kier alpha value is -1.70. The van der Waals surface area contributed by atoms with E-state index >= 15 is 0 Å². The molecule has 0 unspecified atom stereocenters. The highest BCUT2D eigenvalue weighted by Crippen LogP contribution is 2.32. The lowest BCUT2D eigenvalue weighted by atomic mass is 9.90. The molecule has 1 aromatic carbocycles. The van der Waals surface area contributed by atoms with E-state index in [1.165, 1.54) is 34.9 Å². The van der Waals surface area contributed by atoms with E-state index in [1.54, 1.807) is 19.1 Å². The fourth-order valence-corrected chi connectivity index (χ4v) is 5.19. The lowest BCUT2D eigenvalue weighted by molar-refractivity contribution is 0.103. The van der Waals surface area contributed by atoms with E-state index in [2.05, 4.69) is 17.0 Å². The van der Waals surface area contributed by atoms with Crippen molar-refractivity contribution < 1.29 is 13.2 Å². The molecule has 5 nitrogen and oxygen atoms in total. The van der Waals surface area contributed by atoms with E-state index in [1.807, 2.05) is 6.07 Å². The maximum atomic E-state index is 12.6. The molecule has 1 aromatic heterocycles. The van der Waals surface area contributed by atoms with Crippen LogP contribution in [0.5, 0.6) is 0 Å². The number of thiophene rings is 1. The molecule has 0 radical (unpaired) electrons. The summed E-state index contributed by atoms with van der Waals surface area (Å²) in [5.74, 6) is 0.466. The highest BCUT2D eigenvalue weighted by Gasteiger charge is 2.21. The summed E-state index contributed by atoms with van der Waals surface area (Å²) in [4.78, 5) is 14.7. The van der Waals surface area contributed by atoms with E-state index in [-0.39, 0.29) is 10.8 Å². The van der Waals surface area contributed by atoms with Gasteiger partial charge in [-0.15, -0.1) is 11.3 Å². The van der Waals surface area contributed by atoms with Gasteiger partial charge in [-0.1, -0.05) is 13.0 Å². The fraction of sp³-hybridized carbons (Fsp3) is 0.389. The molecule has 2 N–H and O–H groups in total. The van der Waals surface area contributed by atoms with Crippen molar-refractivity contribution in [1.29, 1.82) is 0 Å². The summed E-state index contributed by atoms with van der Waals surface area (Å²) in [5.41, 5.74) is 2.38. The van der Waals surface area contributed by atoms with Crippen LogP contribution in [0.4, 0.5) is 5.69 Å².